The summed E-state index contributed by atoms with van der Waals surface area (Å²) >= 11 is 0. The number of carbonyl (C=O) groups excluding carboxylic acids is 2. The predicted octanol–water partition coefficient (Wildman–Crippen LogP) is 5.02. The topological polar surface area (TPSA) is 43.4 Å². The van der Waals surface area contributed by atoms with Crippen LogP contribution in [0.25, 0.3) is 6.08 Å². The summed E-state index contributed by atoms with van der Waals surface area (Å²) in [5.74, 6) is -1.02. The minimum Gasteiger partial charge on any atom is -0.454 e. The Hall–Kier alpha value is -2.89. The molecular weight excluding hydrogens is 369 g/mol. The molecule has 2 aromatic rings. The van der Waals surface area contributed by atoms with E-state index in [9.17, 15) is 22.8 Å². The molecule has 0 aliphatic heterocycles. The van der Waals surface area contributed by atoms with Crippen molar-refractivity contribution in [1.29, 1.82) is 0 Å². The number of rotatable bonds is 5. The summed E-state index contributed by atoms with van der Waals surface area (Å²) in [6.07, 6.45) is 2.25. The van der Waals surface area contributed by atoms with Gasteiger partial charge in [0.2, 0.25) is 0 Å². The lowest BCUT2D eigenvalue weighted by Crippen LogP contribution is -2.13. The van der Waals surface area contributed by atoms with Crippen molar-refractivity contribution in [3.8, 4) is 0 Å². The monoisotopic (exact) mass is 388 g/mol. The number of ketones is 1. The smallest absolute Gasteiger partial charge is 0.416 e. The lowest BCUT2D eigenvalue weighted by atomic mass is 9.90. The maximum absolute atomic E-state index is 12.5. The van der Waals surface area contributed by atoms with Crippen LogP contribution in [0.2, 0.25) is 0 Å². The third-order valence-corrected chi connectivity index (χ3v) is 4.67. The molecular formula is C22H19F3O3. The molecule has 0 fully saturated rings. The number of benzene rings is 2. The summed E-state index contributed by atoms with van der Waals surface area (Å²) in [5.41, 5.74) is 2.61. The number of aryl methyl sites for hydroxylation is 2. The van der Waals surface area contributed by atoms with E-state index in [-0.39, 0.29) is 12.4 Å². The number of alkyl halides is 3. The van der Waals surface area contributed by atoms with Gasteiger partial charge < -0.3 is 4.74 Å². The fraction of sp³-hybridized carbons (Fsp3) is 0.273. The van der Waals surface area contributed by atoms with Gasteiger partial charge in [-0.25, -0.2) is 4.79 Å². The fourth-order valence-corrected chi connectivity index (χ4v) is 3.12. The second-order valence-corrected chi connectivity index (χ2v) is 6.67. The van der Waals surface area contributed by atoms with Crippen molar-refractivity contribution in [2.24, 2.45) is 0 Å². The molecule has 0 radical (unpaired) electrons. The molecule has 2 aromatic carbocycles. The summed E-state index contributed by atoms with van der Waals surface area (Å²) < 4.78 is 42.5. The van der Waals surface area contributed by atoms with Gasteiger partial charge in [0.05, 0.1) is 5.56 Å². The molecule has 146 valence electrons. The SMILES string of the molecule is O=C(/C=C/c1ccc(C(F)(F)F)cc1)OCC(=O)c1ccc2c(c1)CCCC2. The van der Waals surface area contributed by atoms with Crippen molar-refractivity contribution in [1.82, 2.24) is 0 Å². The lowest BCUT2D eigenvalue weighted by molar-refractivity contribution is -0.138. The molecule has 28 heavy (non-hydrogen) atoms. The zero-order chi connectivity index (χ0) is 20.1. The van der Waals surface area contributed by atoms with Gasteiger partial charge in [-0.2, -0.15) is 13.2 Å². The highest BCUT2D eigenvalue weighted by molar-refractivity contribution is 5.99. The van der Waals surface area contributed by atoms with Gasteiger partial charge >= 0.3 is 12.1 Å². The van der Waals surface area contributed by atoms with Crippen LogP contribution in [0.4, 0.5) is 13.2 Å². The molecule has 6 heteroatoms. The van der Waals surface area contributed by atoms with Crippen LogP contribution in [-0.4, -0.2) is 18.4 Å². The lowest BCUT2D eigenvalue weighted by Gasteiger charge is -2.16. The molecule has 3 nitrogen and oxygen atoms in total. The third-order valence-electron chi connectivity index (χ3n) is 4.67. The highest BCUT2D eigenvalue weighted by atomic mass is 19.4. The maximum atomic E-state index is 12.5. The Morgan fingerprint density at radius 3 is 2.32 bits per heavy atom. The van der Waals surface area contributed by atoms with Gasteiger partial charge in [-0.15, -0.1) is 0 Å². The molecule has 0 amide bonds. The summed E-state index contributed by atoms with van der Waals surface area (Å²) in [5, 5.41) is 0. The van der Waals surface area contributed by atoms with Gasteiger partial charge in [0.1, 0.15) is 0 Å². The number of halogens is 3. The molecule has 1 aliphatic carbocycles. The number of carbonyl (C=O) groups is 2. The van der Waals surface area contributed by atoms with Crippen LogP contribution in [0.5, 0.6) is 0 Å². The molecule has 0 heterocycles. The fourth-order valence-electron chi connectivity index (χ4n) is 3.12. The third kappa shape index (κ3) is 5.09. The molecule has 0 N–H and O–H groups in total. The second kappa shape index (κ2) is 8.42. The van der Waals surface area contributed by atoms with Crippen LogP contribution in [-0.2, 0) is 28.5 Å². The normalized spacial score (nSPS) is 14.0. The number of ether oxygens (including phenoxy) is 1. The van der Waals surface area contributed by atoms with E-state index < -0.39 is 17.7 Å². The summed E-state index contributed by atoms with van der Waals surface area (Å²) in [6, 6.07) is 9.94. The van der Waals surface area contributed by atoms with E-state index >= 15 is 0 Å². The first kappa shape index (κ1) is 19.9. The van der Waals surface area contributed by atoms with E-state index in [1.165, 1.54) is 29.3 Å². The minimum atomic E-state index is -4.40. The van der Waals surface area contributed by atoms with Gasteiger partial charge in [-0.3, -0.25) is 4.79 Å². The van der Waals surface area contributed by atoms with Crippen molar-refractivity contribution in [3.05, 3.63) is 76.4 Å². The van der Waals surface area contributed by atoms with Crippen LogP contribution < -0.4 is 0 Å². The molecule has 0 atom stereocenters. The van der Waals surface area contributed by atoms with Crippen LogP contribution in [0.15, 0.2) is 48.5 Å². The Bertz CT molecular complexity index is 896. The quantitative estimate of drug-likeness (QED) is 0.410. The van der Waals surface area contributed by atoms with Crippen molar-refractivity contribution < 1.29 is 27.5 Å². The van der Waals surface area contributed by atoms with Crippen molar-refractivity contribution in [2.75, 3.05) is 6.61 Å². The number of hydrogen-bond donors (Lipinski definition) is 0. The Balaban J connectivity index is 1.53. The van der Waals surface area contributed by atoms with Crippen LogP contribution >= 0.6 is 0 Å². The largest absolute Gasteiger partial charge is 0.454 e. The maximum Gasteiger partial charge on any atom is 0.416 e. The van der Waals surface area contributed by atoms with E-state index in [0.717, 1.165) is 43.9 Å². The van der Waals surface area contributed by atoms with E-state index in [1.54, 1.807) is 6.07 Å². The van der Waals surface area contributed by atoms with Gasteiger partial charge in [0.25, 0.3) is 0 Å². The highest BCUT2D eigenvalue weighted by Crippen LogP contribution is 2.29. The Labute approximate surface area is 160 Å². The van der Waals surface area contributed by atoms with Gasteiger partial charge in [0.15, 0.2) is 12.4 Å². The van der Waals surface area contributed by atoms with Crippen LogP contribution in [0.1, 0.15) is 45.5 Å². The van der Waals surface area contributed by atoms with E-state index in [4.69, 9.17) is 4.74 Å². The average molecular weight is 388 g/mol. The van der Waals surface area contributed by atoms with Crippen molar-refractivity contribution in [2.45, 2.75) is 31.9 Å². The molecule has 0 saturated carbocycles. The number of fused-ring (bicyclic) bond motifs is 1. The number of Topliss-reactive ketones (excluding diaryl/α,β-unsaturated/α-hetero) is 1. The summed E-state index contributed by atoms with van der Waals surface area (Å²) in [7, 11) is 0. The Morgan fingerprint density at radius 2 is 1.64 bits per heavy atom. The van der Waals surface area contributed by atoms with Crippen molar-refractivity contribution >= 4 is 17.8 Å². The Morgan fingerprint density at radius 1 is 0.964 bits per heavy atom. The molecule has 3 rings (SSSR count). The van der Waals surface area contributed by atoms with E-state index in [2.05, 4.69) is 0 Å². The average Bonchev–Trinajstić information content (AvgIpc) is 2.69. The zero-order valence-electron chi connectivity index (χ0n) is 15.1. The Kier molecular flexibility index (Phi) is 5.97. The molecule has 1 aliphatic rings. The molecule has 0 spiro atoms. The standard InChI is InChI=1S/C22H19F3O3/c23-22(24,25)19-10-5-15(6-11-19)7-12-21(27)28-14-20(26)18-9-8-16-3-1-2-4-17(16)13-18/h5-13H,1-4,14H2/b12-7+. The number of esters is 1. The molecule has 0 aromatic heterocycles. The first-order valence-electron chi connectivity index (χ1n) is 9.00. The minimum absolute atomic E-state index is 0.287. The van der Waals surface area contributed by atoms with Crippen LogP contribution in [0, 0.1) is 0 Å². The number of hydrogen-bond acceptors (Lipinski definition) is 3. The molecule has 0 unspecified atom stereocenters. The van der Waals surface area contributed by atoms with Gasteiger partial charge in [-0.1, -0.05) is 24.3 Å². The predicted molar refractivity (Wildman–Crippen MR) is 98.9 cm³/mol. The van der Waals surface area contributed by atoms with Gasteiger partial charge in [-0.05, 0) is 66.6 Å². The first-order chi connectivity index (χ1) is 13.3. The highest BCUT2D eigenvalue weighted by Gasteiger charge is 2.29. The summed E-state index contributed by atoms with van der Waals surface area (Å²) in [6.45, 7) is -0.380. The first-order valence-corrected chi connectivity index (χ1v) is 9.00. The summed E-state index contributed by atoms with van der Waals surface area (Å²) in [4.78, 5) is 24.0. The zero-order valence-corrected chi connectivity index (χ0v) is 15.1. The van der Waals surface area contributed by atoms with Gasteiger partial charge in [0, 0.05) is 11.6 Å². The molecule has 0 bridgehead atoms. The van der Waals surface area contributed by atoms with Crippen molar-refractivity contribution in [3.63, 3.8) is 0 Å². The van der Waals surface area contributed by atoms with Crippen LogP contribution in [0.3, 0.4) is 0 Å². The molecule has 0 saturated heterocycles. The second-order valence-electron chi connectivity index (χ2n) is 6.67. The van der Waals surface area contributed by atoms with E-state index in [1.807, 2.05) is 12.1 Å². The van der Waals surface area contributed by atoms with E-state index in [0.29, 0.717) is 11.1 Å².